The van der Waals surface area contributed by atoms with Gasteiger partial charge in [-0.05, 0) is 24.7 Å². The Morgan fingerprint density at radius 3 is 2.53 bits per heavy atom. The molecule has 1 aliphatic carbocycles. The Kier molecular flexibility index (Phi) is 3.06. The standard InChI is InChI=1S/C12H24N2O/c1-12(2)6-4-10(11(12)13)14-7-5-9(8-14)15-3/h9-11H,4-8,13H2,1-3H3. The molecule has 1 aliphatic heterocycles. The molecular formula is C12H24N2O. The fourth-order valence-corrected chi connectivity index (χ4v) is 3.04. The van der Waals surface area contributed by atoms with Crippen LogP contribution >= 0.6 is 0 Å². The molecule has 3 nitrogen and oxygen atoms in total. The zero-order chi connectivity index (χ0) is 11.1. The van der Waals surface area contributed by atoms with Gasteiger partial charge in [-0.15, -0.1) is 0 Å². The summed E-state index contributed by atoms with van der Waals surface area (Å²) in [5, 5.41) is 0. The van der Waals surface area contributed by atoms with Gasteiger partial charge in [-0.2, -0.15) is 0 Å². The topological polar surface area (TPSA) is 38.5 Å². The fourth-order valence-electron chi connectivity index (χ4n) is 3.04. The summed E-state index contributed by atoms with van der Waals surface area (Å²) in [6.07, 6.45) is 4.11. The van der Waals surface area contributed by atoms with E-state index >= 15 is 0 Å². The van der Waals surface area contributed by atoms with Crippen LogP contribution in [0.15, 0.2) is 0 Å². The minimum Gasteiger partial charge on any atom is -0.380 e. The number of ether oxygens (including phenoxy) is 1. The molecule has 0 aromatic rings. The zero-order valence-electron chi connectivity index (χ0n) is 10.2. The molecule has 2 N–H and O–H groups in total. The van der Waals surface area contributed by atoms with Crippen LogP contribution in [0, 0.1) is 5.41 Å². The summed E-state index contributed by atoms with van der Waals surface area (Å²) in [6.45, 7) is 6.82. The Balaban J connectivity index is 1.96. The Labute approximate surface area is 93.0 Å². The smallest absolute Gasteiger partial charge is 0.0710 e. The van der Waals surface area contributed by atoms with Crippen LogP contribution in [0.5, 0.6) is 0 Å². The number of rotatable bonds is 2. The van der Waals surface area contributed by atoms with E-state index in [0.29, 0.717) is 23.6 Å². The van der Waals surface area contributed by atoms with Gasteiger partial charge in [0.25, 0.3) is 0 Å². The predicted molar refractivity (Wildman–Crippen MR) is 61.8 cm³/mol. The van der Waals surface area contributed by atoms with Gasteiger partial charge in [0.1, 0.15) is 0 Å². The van der Waals surface area contributed by atoms with Crippen molar-refractivity contribution in [1.82, 2.24) is 4.90 Å². The maximum absolute atomic E-state index is 6.34. The first-order valence-electron chi connectivity index (χ1n) is 6.07. The van der Waals surface area contributed by atoms with Crippen molar-refractivity contribution in [2.24, 2.45) is 11.1 Å². The van der Waals surface area contributed by atoms with Crippen LogP contribution in [0.1, 0.15) is 33.1 Å². The molecule has 1 heterocycles. The highest BCUT2D eigenvalue weighted by Crippen LogP contribution is 2.39. The van der Waals surface area contributed by atoms with E-state index in [0.717, 1.165) is 13.1 Å². The SMILES string of the molecule is COC1CCN(C2CCC(C)(C)C2N)C1. The van der Waals surface area contributed by atoms with E-state index in [1.54, 1.807) is 0 Å². The summed E-state index contributed by atoms with van der Waals surface area (Å²) in [5.74, 6) is 0. The molecule has 2 rings (SSSR count). The van der Waals surface area contributed by atoms with E-state index in [2.05, 4.69) is 18.7 Å². The second-order valence-corrected chi connectivity index (χ2v) is 5.76. The van der Waals surface area contributed by atoms with Crippen LogP contribution in [-0.4, -0.2) is 43.3 Å². The molecule has 2 fully saturated rings. The lowest BCUT2D eigenvalue weighted by atomic mass is 9.87. The Morgan fingerprint density at radius 1 is 1.33 bits per heavy atom. The maximum atomic E-state index is 6.34. The highest BCUT2D eigenvalue weighted by molar-refractivity contribution is 5.00. The minimum atomic E-state index is 0.315. The number of hydrogen-bond acceptors (Lipinski definition) is 3. The summed E-state index contributed by atoms with van der Waals surface area (Å²) < 4.78 is 5.41. The fraction of sp³-hybridized carbons (Fsp3) is 1.00. The maximum Gasteiger partial charge on any atom is 0.0710 e. The molecule has 1 saturated heterocycles. The molecule has 0 radical (unpaired) electrons. The second kappa shape index (κ2) is 4.04. The van der Waals surface area contributed by atoms with Crippen LogP contribution in [0.3, 0.4) is 0 Å². The first-order valence-corrected chi connectivity index (χ1v) is 6.07. The van der Waals surface area contributed by atoms with E-state index in [9.17, 15) is 0 Å². The molecular weight excluding hydrogens is 188 g/mol. The number of methoxy groups -OCH3 is 1. The minimum absolute atomic E-state index is 0.315. The molecule has 3 atom stereocenters. The average Bonchev–Trinajstić information content (AvgIpc) is 2.74. The molecule has 88 valence electrons. The van der Waals surface area contributed by atoms with Gasteiger partial charge in [0, 0.05) is 32.3 Å². The van der Waals surface area contributed by atoms with Gasteiger partial charge >= 0.3 is 0 Å². The van der Waals surface area contributed by atoms with Crippen molar-refractivity contribution >= 4 is 0 Å². The normalized spacial score (nSPS) is 41.2. The van der Waals surface area contributed by atoms with Crippen molar-refractivity contribution in [2.75, 3.05) is 20.2 Å². The van der Waals surface area contributed by atoms with Gasteiger partial charge in [-0.3, -0.25) is 4.90 Å². The summed E-state index contributed by atoms with van der Waals surface area (Å²) in [5.41, 5.74) is 6.66. The van der Waals surface area contributed by atoms with Crippen LogP contribution in [0.2, 0.25) is 0 Å². The third kappa shape index (κ3) is 2.05. The van der Waals surface area contributed by atoms with Gasteiger partial charge in [-0.25, -0.2) is 0 Å². The van der Waals surface area contributed by atoms with Crippen molar-refractivity contribution in [3.8, 4) is 0 Å². The van der Waals surface area contributed by atoms with E-state index in [4.69, 9.17) is 10.5 Å². The number of hydrogen-bond donors (Lipinski definition) is 1. The molecule has 0 spiro atoms. The van der Waals surface area contributed by atoms with Gasteiger partial charge < -0.3 is 10.5 Å². The Morgan fingerprint density at radius 2 is 2.07 bits per heavy atom. The average molecular weight is 212 g/mol. The van der Waals surface area contributed by atoms with Crippen molar-refractivity contribution in [2.45, 2.75) is 51.3 Å². The summed E-state index contributed by atoms with van der Waals surface area (Å²) in [7, 11) is 1.81. The van der Waals surface area contributed by atoms with Gasteiger partial charge in [0.2, 0.25) is 0 Å². The quantitative estimate of drug-likeness (QED) is 0.748. The van der Waals surface area contributed by atoms with Crippen molar-refractivity contribution in [1.29, 1.82) is 0 Å². The third-order valence-corrected chi connectivity index (χ3v) is 4.38. The van der Waals surface area contributed by atoms with Gasteiger partial charge in [0.05, 0.1) is 6.10 Å². The second-order valence-electron chi connectivity index (χ2n) is 5.76. The lowest BCUT2D eigenvalue weighted by Gasteiger charge is -2.32. The molecule has 3 heteroatoms. The van der Waals surface area contributed by atoms with E-state index in [1.807, 2.05) is 7.11 Å². The summed E-state index contributed by atoms with van der Waals surface area (Å²) in [4.78, 5) is 2.54. The van der Waals surface area contributed by atoms with Crippen molar-refractivity contribution in [3.63, 3.8) is 0 Å². The highest BCUT2D eigenvalue weighted by Gasteiger charge is 2.43. The van der Waals surface area contributed by atoms with Crippen LogP contribution < -0.4 is 5.73 Å². The highest BCUT2D eigenvalue weighted by atomic mass is 16.5. The molecule has 0 bridgehead atoms. The summed E-state index contributed by atoms with van der Waals surface area (Å²) in [6, 6.07) is 0.910. The Bertz CT molecular complexity index is 230. The molecule has 1 saturated carbocycles. The van der Waals surface area contributed by atoms with Crippen LogP contribution in [0.4, 0.5) is 0 Å². The van der Waals surface area contributed by atoms with E-state index in [1.165, 1.54) is 19.3 Å². The van der Waals surface area contributed by atoms with Crippen LogP contribution in [-0.2, 0) is 4.74 Å². The number of nitrogens with two attached hydrogens (primary N) is 1. The van der Waals surface area contributed by atoms with Crippen molar-refractivity contribution < 1.29 is 4.74 Å². The van der Waals surface area contributed by atoms with E-state index in [-0.39, 0.29) is 0 Å². The molecule has 0 aromatic carbocycles. The summed E-state index contributed by atoms with van der Waals surface area (Å²) >= 11 is 0. The molecule has 15 heavy (non-hydrogen) atoms. The number of nitrogens with zero attached hydrogens (tertiary/aromatic N) is 1. The van der Waals surface area contributed by atoms with E-state index < -0.39 is 0 Å². The third-order valence-electron chi connectivity index (χ3n) is 4.38. The first-order chi connectivity index (χ1) is 7.04. The van der Waals surface area contributed by atoms with Gasteiger partial charge in [0.15, 0.2) is 0 Å². The monoisotopic (exact) mass is 212 g/mol. The molecule has 3 unspecified atom stereocenters. The predicted octanol–water partition coefficient (Wildman–Crippen LogP) is 1.22. The first kappa shape index (κ1) is 11.4. The largest absolute Gasteiger partial charge is 0.380 e. The number of likely N-dealkylation sites (tertiary alicyclic amines) is 1. The Hall–Kier alpha value is -0.120. The zero-order valence-corrected chi connectivity index (χ0v) is 10.2. The lowest BCUT2D eigenvalue weighted by molar-refractivity contribution is 0.0973. The van der Waals surface area contributed by atoms with Crippen molar-refractivity contribution in [3.05, 3.63) is 0 Å². The molecule has 0 aromatic heterocycles. The van der Waals surface area contributed by atoms with Gasteiger partial charge in [-0.1, -0.05) is 13.8 Å². The lowest BCUT2D eigenvalue weighted by Crippen LogP contribution is -2.48. The molecule has 0 amide bonds. The molecule has 2 aliphatic rings. The van der Waals surface area contributed by atoms with Crippen LogP contribution in [0.25, 0.3) is 0 Å².